The van der Waals surface area contributed by atoms with E-state index in [0.717, 1.165) is 60.5 Å². The quantitative estimate of drug-likeness (QED) is 0.746. The first kappa shape index (κ1) is 13.3. The van der Waals surface area contributed by atoms with Gasteiger partial charge in [0.1, 0.15) is 17.4 Å². The van der Waals surface area contributed by atoms with Crippen LogP contribution in [0.1, 0.15) is 12.8 Å². The molecule has 2 aromatic heterocycles. The monoisotopic (exact) mass is 295 g/mol. The summed E-state index contributed by atoms with van der Waals surface area (Å²) in [6.45, 7) is 2.39. The number of aromatic nitrogens is 2. The minimum absolute atomic E-state index is 0.727. The average Bonchev–Trinajstić information content (AvgIpc) is 2.96. The van der Waals surface area contributed by atoms with Gasteiger partial charge in [-0.3, -0.25) is 0 Å². The minimum Gasteiger partial charge on any atom is -0.450 e. The topological polar surface area (TPSA) is 60.2 Å². The predicted octanol–water partition coefficient (Wildman–Crippen LogP) is 3.52. The number of para-hydroxylation sites is 1. The summed E-state index contributed by atoms with van der Waals surface area (Å²) in [6, 6.07) is 7.92. The maximum Gasteiger partial charge on any atom is 0.196 e. The molecule has 3 aromatic rings. The maximum absolute atomic E-state index is 5.90. The van der Waals surface area contributed by atoms with Crippen LogP contribution < -0.4 is 5.32 Å². The van der Waals surface area contributed by atoms with Crippen LogP contribution in [-0.4, -0.2) is 29.7 Å². The zero-order valence-electron chi connectivity index (χ0n) is 12.2. The summed E-state index contributed by atoms with van der Waals surface area (Å²) in [4.78, 5) is 8.68. The Labute approximate surface area is 128 Å². The van der Waals surface area contributed by atoms with Crippen molar-refractivity contribution in [2.45, 2.75) is 12.8 Å². The van der Waals surface area contributed by atoms with E-state index < -0.39 is 0 Å². The summed E-state index contributed by atoms with van der Waals surface area (Å²) in [5.74, 6) is 0.758. The number of ether oxygens (including phenoxy) is 1. The first-order chi connectivity index (χ1) is 10.9. The number of furan rings is 1. The highest BCUT2D eigenvalue weighted by atomic mass is 16.5. The summed E-state index contributed by atoms with van der Waals surface area (Å²) < 4.78 is 11.2. The Balaban J connectivity index is 1.57. The van der Waals surface area contributed by atoms with E-state index >= 15 is 0 Å². The van der Waals surface area contributed by atoms with E-state index in [4.69, 9.17) is 9.15 Å². The second kappa shape index (κ2) is 5.77. The SMILES string of the molecule is C1=C(CCNc2ncnc3c2oc2ccccc23)CCOC1. The first-order valence-corrected chi connectivity index (χ1v) is 7.53. The van der Waals surface area contributed by atoms with E-state index in [9.17, 15) is 0 Å². The molecule has 1 aromatic carbocycles. The molecule has 0 unspecified atom stereocenters. The highest BCUT2D eigenvalue weighted by Crippen LogP contribution is 2.30. The third-order valence-electron chi connectivity index (χ3n) is 3.95. The Morgan fingerprint density at radius 1 is 1.18 bits per heavy atom. The molecule has 1 N–H and O–H groups in total. The number of fused-ring (bicyclic) bond motifs is 3. The predicted molar refractivity (Wildman–Crippen MR) is 85.9 cm³/mol. The first-order valence-electron chi connectivity index (χ1n) is 7.53. The molecule has 0 atom stereocenters. The Kier molecular flexibility index (Phi) is 3.48. The number of benzene rings is 1. The summed E-state index contributed by atoms with van der Waals surface area (Å²) in [7, 11) is 0. The van der Waals surface area contributed by atoms with Gasteiger partial charge in [0.05, 0.1) is 13.2 Å². The van der Waals surface area contributed by atoms with Crippen LogP contribution in [0.4, 0.5) is 5.82 Å². The molecule has 0 saturated carbocycles. The molecular weight excluding hydrogens is 278 g/mol. The molecule has 3 heterocycles. The van der Waals surface area contributed by atoms with E-state index in [0.29, 0.717) is 0 Å². The third-order valence-corrected chi connectivity index (χ3v) is 3.95. The molecule has 112 valence electrons. The number of nitrogens with zero attached hydrogens (tertiary/aromatic N) is 2. The third kappa shape index (κ3) is 2.44. The second-order valence-electron chi connectivity index (χ2n) is 5.36. The van der Waals surface area contributed by atoms with Crippen molar-refractivity contribution in [3.63, 3.8) is 0 Å². The molecule has 0 amide bonds. The summed E-state index contributed by atoms with van der Waals surface area (Å²) in [5, 5.41) is 4.39. The largest absolute Gasteiger partial charge is 0.450 e. The number of rotatable bonds is 4. The lowest BCUT2D eigenvalue weighted by Gasteiger charge is -2.13. The molecule has 5 heteroatoms. The van der Waals surface area contributed by atoms with Gasteiger partial charge in [-0.25, -0.2) is 9.97 Å². The highest BCUT2D eigenvalue weighted by Gasteiger charge is 2.12. The molecule has 0 bridgehead atoms. The van der Waals surface area contributed by atoms with E-state index in [2.05, 4.69) is 21.4 Å². The van der Waals surface area contributed by atoms with Crippen molar-refractivity contribution in [2.24, 2.45) is 0 Å². The standard InChI is InChI=1S/C17H17N3O2/c1-2-4-14-13(3-1)15-16(22-14)17(20-11-19-15)18-8-5-12-6-9-21-10-7-12/h1-4,6,11H,5,7-10H2,(H,18,19,20). The van der Waals surface area contributed by atoms with Crippen LogP contribution in [0.2, 0.25) is 0 Å². The van der Waals surface area contributed by atoms with Crippen molar-refractivity contribution in [2.75, 3.05) is 25.1 Å². The summed E-state index contributed by atoms with van der Waals surface area (Å²) in [5.41, 5.74) is 3.87. The number of anilines is 1. The zero-order valence-corrected chi connectivity index (χ0v) is 12.2. The fourth-order valence-corrected chi connectivity index (χ4v) is 2.78. The number of hydrogen-bond acceptors (Lipinski definition) is 5. The van der Waals surface area contributed by atoms with Crippen LogP contribution in [0.25, 0.3) is 22.1 Å². The van der Waals surface area contributed by atoms with Crippen LogP contribution in [0.5, 0.6) is 0 Å². The van der Waals surface area contributed by atoms with Crippen molar-refractivity contribution in [3.05, 3.63) is 42.2 Å². The van der Waals surface area contributed by atoms with Crippen molar-refractivity contribution in [1.29, 1.82) is 0 Å². The van der Waals surface area contributed by atoms with Gasteiger partial charge in [0.25, 0.3) is 0 Å². The lowest BCUT2D eigenvalue weighted by atomic mass is 10.1. The molecular formula is C17H17N3O2. The molecule has 0 fully saturated rings. The Hall–Kier alpha value is -2.40. The Morgan fingerprint density at radius 3 is 3.05 bits per heavy atom. The van der Waals surface area contributed by atoms with Crippen molar-refractivity contribution in [1.82, 2.24) is 9.97 Å². The van der Waals surface area contributed by atoms with Gasteiger partial charge in [0.2, 0.25) is 0 Å². The zero-order chi connectivity index (χ0) is 14.8. The smallest absolute Gasteiger partial charge is 0.196 e. The molecule has 1 aliphatic rings. The van der Waals surface area contributed by atoms with Crippen LogP contribution in [-0.2, 0) is 4.74 Å². The van der Waals surface area contributed by atoms with E-state index in [1.54, 1.807) is 6.33 Å². The molecule has 0 radical (unpaired) electrons. The van der Waals surface area contributed by atoms with E-state index in [1.165, 1.54) is 5.57 Å². The molecule has 0 saturated heterocycles. The van der Waals surface area contributed by atoms with Crippen LogP contribution in [0, 0.1) is 0 Å². The van der Waals surface area contributed by atoms with E-state index in [1.807, 2.05) is 24.3 Å². The lowest BCUT2D eigenvalue weighted by Crippen LogP contribution is -2.09. The van der Waals surface area contributed by atoms with Gasteiger partial charge < -0.3 is 14.5 Å². The number of hydrogen-bond donors (Lipinski definition) is 1. The molecule has 4 rings (SSSR count). The lowest BCUT2D eigenvalue weighted by molar-refractivity contribution is 0.153. The van der Waals surface area contributed by atoms with Gasteiger partial charge in [-0.05, 0) is 25.0 Å². The van der Waals surface area contributed by atoms with E-state index in [-0.39, 0.29) is 0 Å². The molecule has 1 aliphatic heterocycles. The molecule has 0 spiro atoms. The Bertz CT molecular complexity index is 838. The minimum atomic E-state index is 0.727. The van der Waals surface area contributed by atoms with Gasteiger partial charge in [0, 0.05) is 11.9 Å². The van der Waals surface area contributed by atoms with Crippen molar-refractivity contribution >= 4 is 27.9 Å². The van der Waals surface area contributed by atoms with Crippen LogP contribution in [0.15, 0.2) is 46.7 Å². The van der Waals surface area contributed by atoms with Gasteiger partial charge in [-0.1, -0.05) is 23.8 Å². The van der Waals surface area contributed by atoms with Crippen molar-refractivity contribution < 1.29 is 9.15 Å². The van der Waals surface area contributed by atoms with Gasteiger partial charge in [0.15, 0.2) is 11.4 Å². The van der Waals surface area contributed by atoms with Gasteiger partial charge >= 0.3 is 0 Å². The van der Waals surface area contributed by atoms with Gasteiger partial charge in [-0.15, -0.1) is 0 Å². The Morgan fingerprint density at radius 2 is 2.14 bits per heavy atom. The highest BCUT2D eigenvalue weighted by molar-refractivity contribution is 6.05. The summed E-state index contributed by atoms with van der Waals surface area (Å²) >= 11 is 0. The summed E-state index contributed by atoms with van der Waals surface area (Å²) in [6.07, 6.45) is 5.77. The average molecular weight is 295 g/mol. The maximum atomic E-state index is 5.90. The molecule has 22 heavy (non-hydrogen) atoms. The van der Waals surface area contributed by atoms with Crippen molar-refractivity contribution in [3.8, 4) is 0 Å². The fourth-order valence-electron chi connectivity index (χ4n) is 2.78. The second-order valence-corrected chi connectivity index (χ2v) is 5.36. The fraction of sp³-hybridized carbons (Fsp3) is 0.294. The van der Waals surface area contributed by atoms with Crippen LogP contribution in [0.3, 0.4) is 0 Å². The number of nitrogens with one attached hydrogen (secondary N) is 1. The van der Waals surface area contributed by atoms with Gasteiger partial charge in [-0.2, -0.15) is 0 Å². The molecule has 0 aliphatic carbocycles. The molecule has 5 nitrogen and oxygen atoms in total. The van der Waals surface area contributed by atoms with Crippen LogP contribution >= 0.6 is 0 Å². The normalized spacial score (nSPS) is 15.2.